The second-order valence-electron chi connectivity index (χ2n) is 9.65. The Labute approximate surface area is 226 Å². The third-order valence-corrected chi connectivity index (χ3v) is 8.41. The van der Waals surface area contributed by atoms with Gasteiger partial charge in [-0.1, -0.05) is 36.4 Å². The largest absolute Gasteiger partial charge is 0.497 e. The first kappa shape index (κ1) is 27.4. The number of ether oxygens (including phenoxy) is 1. The average molecular weight is 533 g/mol. The summed E-state index contributed by atoms with van der Waals surface area (Å²) in [6.07, 6.45) is 3.26. The number of nitrogens with zero attached hydrogens (tertiary/aromatic N) is 3. The molecule has 0 bridgehead atoms. The van der Waals surface area contributed by atoms with Gasteiger partial charge in [-0.2, -0.15) is 4.31 Å². The summed E-state index contributed by atoms with van der Waals surface area (Å²) in [5.41, 5.74) is 3.82. The molecule has 0 spiro atoms. The lowest BCUT2D eigenvalue weighted by Crippen LogP contribution is -2.32. The number of anilines is 2. The normalized spacial score (nSPS) is 12.4. The van der Waals surface area contributed by atoms with Gasteiger partial charge in [0.05, 0.1) is 23.2 Å². The molecule has 8 heteroatoms. The van der Waals surface area contributed by atoms with Gasteiger partial charge in [0, 0.05) is 56.6 Å². The highest BCUT2D eigenvalue weighted by molar-refractivity contribution is 7.89. The molecule has 0 fully saturated rings. The summed E-state index contributed by atoms with van der Waals surface area (Å²) in [4.78, 5) is 6.87. The standard InChI is InChI=1S/C30H36N4O3S/c1-23(32-29-21-27(37-4)20-25-11-8-18-31-30(25)29)10-9-19-34(38(35,36)28-12-6-5-7-13-28)22-24-14-16-26(17-15-24)33(2)3/h5-8,11-18,20-21,23,32H,9-10,19,22H2,1-4H3. The Morgan fingerprint density at radius 1 is 0.974 bits per heavy atom. The number of rotatable bonds is 12. The maximum atomic E-state index is 13.6. The maximum absolute atomic E-state index is 13.6. The maximum Gasteiger partial charge on any atom is 0.243 e. The molecule has 0 aliphatic rings. The van der Waals surface area contributed by atoms with Crippen LogP contribution in [0, 0.1) is 0 Å². The minimum absolute atomic E-state index is 0.105. The van der Waals surface area contributed by atoms with Crippen molar-refractivity contribution in [2.75, 3.05) is 38.0 Å². The SMILES string of the molecule is COc1cc(NC(C)CCCN(Cc2ccc(N(C)C)cc2)S(=O)(=O)c2ccccc2)c2ncccc2c1. The molecule has 0 radical (unpaired) electrons. The van der Waals surface area contributed by atoms with Gasteiger partial charge in [0.15, 0.2) is 0 Å². The molecule has 1 aromatic heterocycles. The summed E-state index contributed by atoms with van der Waals surface area (Å²) in [6.45, 7) is 2.83. The van der Waals surface area contributed by atoms with Crippen LogP contribution < -0.4 is 15.0 Å². The van der Waals surface area contributed by atoms with Crippen LogP contribution in [0.15, 0.2) is 90.0 Å². The number of hydrogen-bond acceptors (Lipinski definition) is 6. The molecule has 38 heavy (non-hydrogen) atoms. The zero-order chi connectivity index (χ0) is 27.1. The van der Waals surface area contributed by atoms with Crippen LogP contribution in [-0.2, 0) is 16.6 Å². The zero-order valence-corrected chi connectivity index (χ0v) is 23.3. The molecule has 1 atom stereocenters. The summed E-state index contributed by atoms with van der Waals surface area (Å²) < 4.78 is 34.2. The van der Waals surface area contributed by atoms with Crippen molar-refractivity contribution in [3.63, 3.8) is 0 Å². The summed E-state index contributed by atoms with van der Waals surface area (Å²) in [6, 6.07) is 24.6. The number of methoxy groups -OCH3 is 1. The first-order chi connectivity index (χ1) is 18.3. The van der Waals surface area contributed by atoms with Gasteiger partial charge < -0.3 is 15.0 Å². The fourth-order valence-electron chi connectivity index (χ4n) is 4.43. The monoisotopic (exact) mass is 532 g/mol. The van der Waals surface area contributed by atoms with Gasteiger partial charge in [0.1, 0.15) is 5.75 Å². The van der Waals surface area contributed by atoms with Crippen LogP contribution in [0.3, 0.4) is 0 Å². The van der Waals surface area contributed by atoms with E-state index in [1.165, 1.54) is 0 Å². The van der Waals surface area contributed by atoms with Crippen LogP contribution >= 0.6 is 0 Å². The van der Waals surface area contributed by atoms with E-state index in [0.717, 1.165) is 40.0 Å². The summed E-state index contributed by atoms with van der Waals surface area (Å²) in [7, 11) is 1.98. The number of benzene rings is 3. The second kappa shape index (κ2) is 12.3. The molecule has 0 saturated heterocycles. The predicted molar refractivity (Wildman–Crippen MR) is 155 cm³/mol. The quantitative estimate of drug-likeness (QED) is 0.249. The molecule has 7 nitrogen and oxygen atoms in total. The van der Waals surface area contributed by atoms with Crippen LogP contribution in [0.2, 0.25) is 0 Å². The Morgan fingerprint density at radius 2 is 1.71 bits per heavy atom. The fraction of sp³-hybridized carbons (Fsp3) is 0.300. The van der Waals surface area contributed by atoms with E-state index in [-0.39, 0.29) is 6.04 Å². The molecule has 0 saturated carbocycles. The Morgan fingerprint density at radius 3 is 2.39 bits per heavy atom. The highest BCUT2D eigenvalue weighted by Crippen LogP contribution is 2.29. The van der Waals surface area contributed by atoms with Gasteiger partial charge in [0.25, 0.3) is 0 Å². The van der Waals surface area contributed by atoms with Crippen molar-refractivity contribution in [3.05, 3.63) is 90.6 Å². The van der Waals surface area contributed by atoms with E-state index in [0.29, 0.717) is 24.4 Å². The number of nitrogens with one attached hydrogen (secondary N) is 1. The van der Waals surface area contributed by atoms with Crippen molar-refractivity contribution in [3.8, 4) is 5.75 Å². The van der Waals surface area contributed by atoms with Crippen LogP contribution in [-0.4, -0.2) is 51.5 Å². The summed E-state index contributed by atoms with van der Waals surface area (Å²) in [5, 5.41) is 4.56. The van der Waals surface area contributed by atoms with Gasteiger partial charge in [-0.25, -0.2) is 8.42 Å². The molecular formula is C30H36N4O3S. The predicted octanol–water partition coefficient (Wildman–Crippen LogP) is 5.78. The van der Waals surface area contributed by atoms with Gasteiger partial charge in [-0.15, -0.1) is 0 Å². The Kier molecular flexibility index (Phi) is 8.86. The van der Waals surface area contributed by atoms with Crippen molar-refractivity contribution in [2.45, 2.75) is 37.2 Å². The minimum Gasteiger partial charge on any atom is -0.497 e. The van der Waals surface area contributed by atoms with Gasteiger partial charge >= 0.3 is 0 Å². The molecule has 200 valence electrons. The summed E-state index contributed by atoms with van der Waals surface area (Å²) in [5.74, 6) is 0.764. The zero-order valence-electron chi connectivity index (χ0n) is 22.5. The van der Waals surface area contributed by atoms with E-state index in [2.05, 4.69) is 17.2 Å². The number of aromatic nitrogens is 1. The van der Waals surface area contributed by atoms with Crippen molar-refractivity contribution >= 4 is 32.3 Å². The molecule has 1 unspecified atom stereocenters. The van der Waals surface area contributed by atoms with E-state index < -0.39 is 10.0 Å². The fourth-order valence-corrected chi connectivity index (χ4v) is 5.92. The van der Waals surface area contributed by atoms with Crippen molar-refractivity contribution in [1.82, 2.24) is 9.29 Å². The number of fused-ring (bicyclic) bond motifs is 1. The van der Waals surface area contributed by atoms with Crippen LogP contribution in [0.1, 0.15) is 25.3 Å². The summed E-state index contributed by atoms with van der Waals surface area (Å²) >= 11 is 0. The van der Waals surface area contributed by atoms with E-state index in [1.807, 2.05) is 73.6 Å². The Bertz CT molecular complexity index is 1440. The van der Waals surface area contributed by atoms with Crippen LogP contribution in [0.5, 0.6) is 5.75 Å². The first-order valence-electron chi connectivity index (χ1n) is 12.8. The molecule has 1 heterocycles. The third kappa shape index (κ3) is 6.62. The highest BCUT2D eigenvalue weighted by atomic mass is 32.2. The Balaban J connectivity index is 1.47. The topological polar surface area (TPSA) is 74.8 Å². The number of pyridine rings is 1. The number of sulfonamides is 1. The first-order valence-corrected chi connectivity index (χ1v) is 14.2. The Hall–Kier alpha value is -3.62. The van der Waals surface area contributed by atoms with Gasteiger partial charge in [-0.05, 0) is 61.7 Å². The average Bonchev–Trinajstić information content (AvgIpc) is 2.93. The van der Waals surface area contributed by atoms with E-state index in [1.54, 1.807) is 41.9 Å². The van der Waals surface area contributed by atoms with Crippen molar-refractivity contribution in [2.24, 2.45) is 0 Å². The lowest BCUT2D eigenvalue weighted by Gasteiger charge is -2.24. The minimum atomic E-state index is -3.64. The number of hydrogen-bond donors (Lipinski definition) is 1. The lowest BCUT2D eigenvalue weighted by molar-refractivity contribution is 0.391. The van der Waals surface area contributed by atoms with Crippen molar-refractivity contribution < 1.29 is 13.2 Å². The molecule has 3 aromatic carbocycles. The van der Waals surface area contributed by atoms with E-state index in [9.17, 15) is 8.42 Å². The van der Waals surface area contributed by atoms with E-state index in [4.69, 9.17) is 4.74 Å². The van der Waals surface area contributed by atoms with Gasteiger partial charge in [0.2, 0.25) is 10.0 Å². The van der Waals surface area contributed by atoms with Crippen molar-refractivity contribution in [1.29, 1.82) is 0 Å². The molecular weight excluding hydrogens is 496 g/mol. The highest BCUT2D eigenvalue weighted by Gasteiger charge is 2.24. The van der Waals surface area contributed by atoms with Crippen LogP contribution in [0.4, 0.5) is 11.4 Å². The third-order valence-electron chi connectivity index (χ3n) is 6.55. The second-order valence-corrected chi connectivity index (χ2v) is 11.6. The molecule has 0 aliphatic carbocycles. The molecule has 4 rings (SSSR count). The smallest absolute Gasteiger partial charge is 0.243 e. The van der Waals surface area contributed by atoms with Crippen LogP contribution in [0.25, 0.3) is 10.9 Å². The van der Waals surface area contributed by atoms with Gasteiger partial charge in [-0.3, -0.25) is 4.98 Å². The molecule has 4 aromatic rings. The molecule has 1 N–H and O–H groups in total. The lowest BCUT2D eigenvalue weighted by atomic mass is 10.1. The molecule has 0 amide bonds. The van der Waals surface area contributed by atoms with E-state index >= 15 is 0 Å². The molecule has 0 aliphatic heterocycles.